The highest BCUT2D eigenvalue weighted by molar-refractivity contribution is 6.06. The molecule has 2 fully saturated rings. The van der Waals surface area contributed by atoms with Gasteiger partial charge in [-0.15, -0.1) is 0 Å². The molecule has 0 atom stereocenters. The van der Waals surface area contributed by atoms with Crippen LogP contribution in [0.1, 0.15) is 53.3 Å². The number of fused-ring (bicyclic) bond motifs is 1. The van der Waals surface area contributed by atoms with Gasteiger partial charge in [0.2, 0.25) is 0 Å². The molecule has 3 heterocycles. The summed E-state index contributed by atoms with van der Waals surface area (Å²) in [6.45, 7) is 2.86. The summed E-state index contributed by atoms with van der Waals surface area (Å²) in [7, 11) is 1.85. The van der Waals surface area contributed by atoms with Gasteiger partial charge in [0.25, 0.3) is 5.91 Å². The zero-order chi connectivity index (χ0) is 17.7. The Hall–Kier alpha value is -2.44. The normalized spacial score (nSPS) is 18.7. The number of aryl methyl sites for hydroxylation is 2. The lowest BCUT2D eigenvalue weighted by Crippen LogP contribution is -2.40. The van der Waals surface area contributed by atoms with Gasteiger partial charge in [-0.2, -0.15) is 5.10 Å². The number of carbonyl (C=O) groups excluding carboxylic acids is 1. The summed E-state index contributed by atoms with van der Waals surface area (Å²) in [5.74, 6) is -0.695. The molecule has 132 valence electrons. The number of carboxylic acids is 1. The summed E-state index contributed by atoms with van der Waals surface area (Å²) >= 11 is 0. The van der Waals surface area contributed by atoms with E-state index in [0.717, 1.165) is 35.3 Å². The molecule has 25 heavy (non-hydrogen) atoms. The molecule has 1 aliphatic heterocycles. The van der Waals surface area contributed by atoms with Crippen LogP contribution in [0.4, 0.5) is 0 Å². The van der Waals surface area contributed by atoms with E-state index in [2.05, 4.69) is 5.10 Å². The number of hydrogen-bond acceptors (Lipinski definition) is 4. The van der Waals surface area contributed by atoms with Crippen LogP contribution in [-0.4, -0.2) is 49.7 Å². The third-order valence-corrected chi connectivity index (χ3v) is 5.35. The first kappa shape index (κ1) is 16.1. The van der Waals surface area contributed by atoms with E-state index in [4.69, 9.17) is 10.1 Å². The largest absolute Gasteiger partial charge is 0.481 e. The fourth-order valence-corrected chi connectivity index (χ4v) is 3.72. The van der Waals surface area contributed by atoms with Crippen molar-refractivity contribution in [2.45, 2.75) is 38.5 Å². The number of rotatable bonds is 3. The highest BCUT2D eigenvalue weighted by Crippen LogP contribution is 2.40. The first-order chi connectivity index (χ1) is 12.0. The van der Waals surface area contributed by atoms with E-state index in [-0.39, 0.29) is 11.8 Å². The molecule has 1 aliphatic carbocycles. The van der Waals surface area contributed by atoms with E-state index in [9.17, 15) is 9.59 Å². The van der Waals surface area contributed by atoms with Gasteiger partial charge >= 0.3 is 5.97 Å². The molecular formula is C18H22N4O3. The Kier molecular flexibility index (Phi) is 3.74. The average Bonchev–Trinajstić information content (AvgIpc) is 3.41. The Morgan fingerprint density at radius 1 is 1.20 bits per heavy atom. The van der Waals surface area contributed by atoms with Gasteiger partial charge in [0.1, 0.15) is 0 Å². The fourth-order valence-electron chi connectivity index (χ4n) is 3.72. The van der Waals surface area contributed by atoms with Gasteiger partial charge in [-0.3, -0.25) is 14.3 Å². The molecule has 2 aromatic rings. The molecule has 2 aliphatic rings. The summed E-state index contributed by atoms with van der Waals surface area (Å²) < 4.78 is 1.74. The molecular weight excluding hydrogens is 320 g/mol. The molecule has 7 heteroatoms. The van der Waals surface area contributed by atoms with Crippen molar-refractivity contribution in [2.75, 3.05) is 13.1 Å². The van der Waals surface area contributed by atoms with Crippen LogP contribution < -0.4 is 0 Å². The smallest absolute Gasteiger partial charge is 0.306 e. The topological polar surface area (TPSA) is 88.3 Å². The van der Waals surface area contributed by atoms with Crippen molar-refractivity contribution in [3.63, 3.8) is 0 Å². The maximum atomic E-state index is 13.2. The van der Waals surface area contributed by atoms with E-state index >= 15 is 0 Å². The van der Waals surface area contributed by atoms with Crippen LogP contribution in [0, 0.1) is 12.8 Å². The first-order valence-electron chi connectivity index (χ1n) is 8.82. The molecule has 1 amide bonds. The minimum atomic E-state index is -0.766. The molecule has 7 nitrogen and oxygen atoms in total. The van der Waals surface area contributed by atoms with Gasteiger partial charge < -0.3 is 10.0 Å². The highest BCUT2D eigenvalue weighted by atomic mass is 16.4. The van der Waals surface area contributed by atoms with Crippen LogP contribution >= 0.6 is 0 Å². The van der Waals surface area contributed by atoms with Gasteiger partial charge in [-0.25, -0.2) is 4.98 Å². The second kappa shape index (κ2) is 5.82. The molecule has 4 rings (SSSR count). The van der Waals surface area contributed by atoms with E-state index in [0.29, 0.717) is 37.4 Å². The van der Waals surface area contributed by atoms with Crippen molar-refractivity contribution in [3.8, 4) is 0 Å². The number of carbonyl (C=O) groups is 2. The second-order valence-corrected chi connectivity index (χ2v) is 7.18. The standard InChI is InChI=1S/C18H22N4O3/c1-10-15-13(17(23)22-7-5-12(6-8-22)18(24)25)9-14(11-3-4-11)19-16(15)21(2)20-10/h9,11-12H,3-8H2,1-2H3,(H,24,25). The van der Waals surface area contributed by atoms with Gasteiger partial charge in [0, 0.05) is 31.7 Å². The van der Waals surface area contributed by atoms with E-state index < -0.39 is 5.97 Å². The van der Waals surface area contributed by atoms with Crippen LogP contribution in [0.25, 0.3) is 11.0 Å². The lowest BCUT2D eigenvalue weighted by molar-refractivity contribution is -0.143. The molecule has 0 spiro atoms. The lowest BCUT2D eigenvalue weighted by Gasteiger charge is -2.30. The Balaban J connectivity index is 1.70. The number of hydrogen-bond donors (Lipinski definition) is 1. The Morgan fingerprint density at radius 3 is 2.48 bits per heavy atom. The number of nitrogens with zero attached hydrogens (tertiary/aromatic N) is 4. The number of pyridine rings is 1. The predicted molar refractivity (Wildman–Crippen MR) is 91.5 cm³/mol. The van der Waals surface area contributed by atoms with Crippen LogP contribution in [-0.2, 0) is 11.8 Å². The van der Waals surface area contributed by atoms with Crippen LogP contribution in [0.2, 0.25) is 0 Å². The quantitative estimate of drug-likeness (QED) is 0.923. The van der Waals surface area contributed by atoms with Gasteiger partial charge in [0.15, 0.2) is 5.65 Å². The molecule has 2 aromatic heterocycles. The number of aliphatic carboxylic acids is 1. The summed E-state index contributed by atoms with van der Waals surface area (Å²) in [5, 5.41) is 14.4. The van der Waals surface area contributed by atoms with Crippen molar-refractivity contribution in [1.29, 1.82) is 0 Å². The van der Waals surface area contributed by atoms with Crippen LogP contribution in [0.5, 0.6) is 0 Å². The Bertz CT molecular complexity index is 861. The molecule has 1 N–H and O–H groups in total. The molecule has 0 radical (unpaired) electrons. The van der Waals surface area contributed by atoms with Crippen LogP contribution in [0.15, 0.2) is 6.07 Å². The zero-order valence-corrected chi connectivity index (χ0v) is 14.5. The highest BCUT2D eigenvalue weighted by Gasteiger charge is 2.32. The van der Waals surface area contributed by atoms with Gasteiger partial charge in [-0.1, -0.05) is 0 Å². The fraction of sp³-hybridized carbons (Fsp3) is 0.556. The minimum absolute atomic E-state index is 0.0331. The molecule has 0 bridgehead atoms. The van der Waals surface area contributed by atoms with Crippen molar-refractivity contribution < 1.29 is 14.7 Å². The minimum Gasteiger partial charge on any atom is -0.481 e. The Labute approximate surface area is 145 Å². The summed E-state index contributed by atoms with van der Waals surface area (Å²) in [5.41, 5.74) is 3.19. The SMILES string of the molecule is Cc1nn(C)c2nc(C3CC3)cc(C(=O)N3CCC(C(=O)O)CC3)c12. The first-order valence-corrected chi connectivity index (χ1v) is 8.82. The third-order valence-electron chi connectivity index (χ3n) is 5.35. The van der Waals surface area contributed by atoms with Gasteiger partial charge in [-0.05, 0) is 38.7 Å². The maximum absolute atomic E-state index is 13.2. The number of aromatic nitrogens is 3. The van der Waals surface area contributed by atoms with Crippen molar-refractivity contribution in [1.82, 2.24) is 19.7 Å². The second-order valence-electron chi connectivity index (χ2n) is 7.18. The zero-order valence-electron chi connectivity index (χ0n) is 14.5. The summed E-state index contributed by atoms with van der Waals surface area (Å²) in [6, 6.07) is 1.93. The Morgan fingerprint density at radius 2 is 1.88 bits per heavy atom. The number of amides is 1. The average molecular weight is 342 g/mol. The van der Waals surface area contributed by atoms with E-state index in [1.54, 1.807) is 9.58 Å². The summed E-state index contributed by atoms with van der Waals surface area (Å²) in [6.07, 6.45) is 3.26. The molecule has 1 saturated heterocycles. The number of carboxylic acid groups (broad SMARTS) is 1. The predicted octanol–water partition coefficient (Wildman–Crippen LogP) is 2.09. The summed E-state index contributed by atoms with van der Waals surface area (Å²) in [4.78, 5) is 30.8. The third kappa shape index (κ3) is 2.77. The number of likely N-dealkylation sites (tertiary alicyclic amines) is 1. The molecule has 1 saturated carbocycles. The molecule has 0 aromatic carbocycles. The number of piperidine rings is 1. The van der Waals surface area contributed by atoms with Crippen LogP contribution in [0.3, 0.4) is 0 Å². The van der Waals surface area contributed by atoms with E-state index in [1.165, 1.54) is 0 Å². The van der Waals surface area contributed by atoms with E-state index in [1.807, 2.05) is 20.0 Å². The van der Waals surface area contributed by atoms with Gasteiger partial charge in [0.05, 0.1) is 22.6 Å². The van der Waals surface area contributed by atoms with Crippen molar-refractivity contribution >= 4 is 22.9 Å². The lowest BCUT2D eigenvalue weighted by atomic mass is 9.96. The molecule has 0 unspecified atom stereocenters. The monoisotopic (exact) mass is 342 g/mol. The van der Waals surface area contributed by atoms with Crippen molar-refractivity contribution in [2.24, 2.45) is 13.0 Å². The maximum Gasteiger partial charge on any atom is 0.306 e. The van der Waals surface area contributed by atoms with Crippen molar-refractivity contribution in [3.05, 3.63) is 23.0 Å².